The summed E-state index contributed by atoms with van der Waals surface area (Å²) in [6, 6.07) is 5.72. The molecule has 3 aliphatic heterocycles. The molecule has 0 spiro atoms. The van der Waals surface area contributed by atoms with Gasteiger partial charge in [0.15, 0.2) is 0 Å². The van der Waals surface area contributed by atoms with Gasteiger partial charge in [-0.3, -0.25) is 9.69 Å². The molecule has 0 radical (unpaired) electrons. The summed E-state index contributed by atoms with van der Waals surface area (Å²) in [5, 5.41) is 0. The summed E-state index contributed by atoms with van der Waals surface area (Å²) in [7, 11) is 0. The molecule has 0 aromatic carbocycles. The van der Waals surface area contributed by atoms with Gasteiger partial charge in [-0.2, -0.15) is 0 Å². The Labute approximate surface area is 151 Å². The van der Waals surface area contributed by atoms with Gasteiger partial charge in [-0.1, -0.05) is 0 Å². The van der Waals surface area contributed by atoms with Gasteiger partial charge in [0.25, 0.3) is 5.91 Å². The number of likely N-dealkylation sites (tertiary alicyclic amines) is 1. The Balaban J connectivity index is 1.45. The van der Waals surface area contributed by atoms with E-state index in [1.165, 1.54) is 25.7 Å². The molecule has 2 bridgehead atoms. The molecular formula is C20H30N4O. The van der Waals surface area contributed by atoms with E-state index in [0.29, 0.717) is 18.1 Å². The maximum atomic E-state index is 13.0. The average Bonchev–Trinajstić information content (AvgIpc) is 3.22. The third-order valence-corrected chi connectivity index (χ3v) is 6.15. The van der Waals surface area contributed by atoms with Crippen molar-refractivity contribution in [3.05, 3.63) is 23.9 Å². The molecule has 25 heavy (non-hydrogen) atoms. The Kier molecular flexibility index (Phi) is 4.67. The monoisotopic (exact) mass is 342 g/mol. The zero-order chi connectivity index (χ0) is 17.4. The normalized spacial score (nSPS) is 27.2. The molecule has 0 saturated carbocycles. The van der Waals surface area contributed by atoms with Crippen LogP contribution >= 0.6 is 0 Å². The van der Waals surface area contributed by atoms with Crippen LogP contribution in [-0.4, -0.2) is 65.0 Å². The maximum Gasteiger partial charge on any atom is 0.255 e. The van der Waals surface area contributed by atoms with Gasteiger partial charge >= 0.3 is 0 Å². The summed E-state index contributed by atoms with van der Waals surface area (Å²) in [5.74, 6) is 1.16. The molecule has 3 fully saturated rings. The second kappa shape index (κ2) is 6.94. The largest absolute Gasteiger partial charge is 0.357 e. The Morgan fingerprint density at radius 3 is 2.52 bits per heavy atom. The summed E-state index contributed by atoms with van der Waals surface area (Å²) < 4.78 is 0. The number of aromatic nitrogens is 1. The number of amides is 1. The Hall–Kier alpha value is -1.62. The number of nitrogens with zero attached hydrogens (tertiary/aromatic N) is 4. The van der Waals surface area contributed by atoms with Gasteiger partial charge in [-0.25, -0.2) is 4.98 Å². The van der Waals surface area contributed by atoms with Crippen molar-refractivity contribution in [2.24, 2.45) is 0 Å². The number of anilines is 1. The average molecular weight is 342 g/mol. The summed E-state index contributed by atoms with van der Waals surface area (Å²) in [6.45, 7) is 8.47. The quantitative estimate of drug-likeness (QED) is 0.847. The first kappa shape index (κ1) is 16.8. The topological polar surface area (TPSA) is 39.7 Å². The van der Waals surface area contributed by atoms with Crippen molar-refractivity contribution < 1.29 is 4.79 Å². The van der Waals surface area contributed by atoms with E-state index in [2.05, 4.69) is 33.5 Å². The maximum absolute atomic E-state index is 13.0. The zero-order valence-corrected chi connectivity index (χ0v) is 15.5. The van der Waals surface area contributed by atoms with E-state index >= 15 is 0 Å². The number of fused-ring (bicyclic) bond motifs is 2. The fourth-order valence-electron chi connectivity index (χ4n) is 4.97. The lowest BCUT2D eigenvalue weighted by atomic mass is 10.1. The molecule has 0 aliphatic carbocycles. The van der Waals surface area contributed by atoms with Crippen molar-refractivity contribution in [3.8, 4) is 0 Å². The minimum Gasteiger partial charge on any atom is -0.357 e. The van der Waals surface area contributed by atoms with Gasteiger partial charge in [0.1, 0.15) is 5.82 Å². The van der Waals surface area contributed by atoms with Crippen LogP contribution in [0, 0.1) is 0 Å². The van der Waals surface area contributed by atoms with Crippen LogP contribution in [0.1, 0.15) is 56.3 Å². The van der Waals surface area contributed by atoms with Gasteiger partial charge in [0, 0.05) is 50.5 Å². The zero-order valence-electron chi connectivity index (χ0n) is 15.5. The van der Waals surface area contributed by atoms with Gasteiger partial charge in [0.05, 0.1) is 5.56 Å². The summed E-state index contributed by atoms with van der Waals surface area (Å²) in [6.07, 6.45) is 7.87. The van der Waals surface area contributed by atoms with E-state index in [9.17, 15) is 4.79 Å². The Bertz CT molecular complexity index is 609. The lowest BCUT2D eigenvalue weighted by Gasteiger charge is -2.32. The third kappa shape index (κ3) is 3.26. The molecule has 136 valence electrons. The van der Waals surface area contributed by atoms with Crippen LogP contribution in [0.15, 0.2) is 18.3 Å². The summed E-state index contributed by atoms with van der Waals surface area (Å²) in [5.41, 5.74) is 0.733. The number of hydrogen-bond donors (Lipinski definition) is 0. The molecule has 0 unspecified atom stereocenters. The molecule has 5 heteroatoms. The van der Waals surface area contributed by atoms with Crippen molar-refractivity contribution in [2.45, 2.75) is 64.1 Å². The predicted molar refractivity (Wildman–Crippen MR) is 100.0 cm³/mol. The first-order chi connectivity index (χ1) is 12.1. The van der Waals surface area contributed by atoms with Crippen LogP contribution in [-0.2, 0) is 0 Å². The molecule has 0 N–H and O–H groups in total. The van der Waals surface area contributed by atoms with Crippen molar-refractivity contribution in [2.75, 3.05) is 31.1 Å². The third-order valence-electron chi connectivity index (χ3n) is 6.15. The lowest BCUT2D eigenvalue weighted by Crippen LogP contribution is -2.44. The minimum absolute atomic E-state index is 0.150. The molecule has 4 heterocycles. The van der Waals surface area contributed by atoms with Crippen LogP contribution in [0.5, 0.6) is 0 Å². The first-order valence-electron chi connectivity index (χ1n) is 9.91. The highest BCUT2D eigenvalue weighted by atomic mass is 16.2. The van der Waals surface area contributed by atoms with Gasteiger partial charge in [-0.15, -0.1) is 0 Å². The molecule has 2 atom stereocenters. The highest BCUT2D eigenvalue weighted by Gasteiger charge is 2.39. The Morgan fingerprint density at radius 2 is 1.84 bits per heavy atom. The number of rotatable bonds is 3. The molecule has 1 amide bonds. The molecular weight excluding hydrogens is 312 g/mol. The number of pyridine rings is 1. The van der Waals surface area contributed by atoms with E-state index in [-0.39, 0.29) is 5.91 Å². The van der Waals surface area contributed by atoms with Crippen LogP contribution in [0.4, 0.5) is 5.82 Å². The van der Waals surface area contributed by atoms with Gasteiger partial charge in [-0.05, 0) is 58.1 Å². The highest BCUT2D eigenvalue weighted by Crippen LogP contribution is 2.32. The molecule has 3 saturated heterocycles. The second-order valence-corrected chi connectivity index (χ2v) is 8.07. The number of carbonyl (C=O) groups excluding carboxylic acids is 1. The van der Waals surface area contributed by atoms with E-state index in [4.69, 9.17) is 0 Å². The number of hydrogen-bond acceptors (Lipinski definition) is 4. The standard InChI is InChI=1S/C20H30N4O/c1-15(2)24-17-6-7-18(24)14-23(12-9-17)20(25)16-5-8-19(21-13-16)22-10-3-4-11-22/h5,8,13,15,17-18H,3-4,6-7,9-12,14H2,1-2H3/t17-,18-/m0/s1. The van der Waals surface area contributed by atoms with E-state index < -0.39 is 0 Å². The van der Waals surface area contributed by atoms with Crippen LogP contribution in [0.3, 0.4) is 0 Å². The summed E-state index contributed by atoms with van der Waals surface area (Å²) >= 11 is 0. The fraction of sp³-hybridized carbons (Fsp3) is 0.700. The van der Waals surface area contributed by atoms with E-state index in [1.54, 1.807) is 6.20 Å². The molecule has 1 aromatic heterocycles. The number of carbonyl (C=O) groups is 1. The second-order valence-electron chi connectivity index (χ2n) is 8.07. The smallest absolute Gasteiger partial charge is 0.255 e. The minimum atomic E-state index is 0.150. The van der Waals surface area contributed by atoms with Gasteiger partial charge in [0.2, 0.25) is 0 Å². The fourth-order valence-corrected chi connectivity index (χ4v) is 4.97. The molecule has 4 rings (SSSR count). The van der Waals surface area contributed by atoms with Crippen LogP contribution < -0.4 is 4.90 Å². The first-order valence-corrected chi connectivity index (χ1v) is 9.91. The van der Waals surface area contributed by atoms with Gasteiger partial charge < -0.3 is 9.80 Å². The van der Waals surface area contributed by atoms with E-state index in [0.717, 1.165) is 44.0 Å². The SMILES string of the molecule is CC(C)N1[C@H]2CC[C@H]1CN(C(=O)c1ccc(N3CCCC3)nc1)CC2. The van der Waals surface area contributed by atoms with Crippen LogP contribution in [0.2, 0.25) is 0 Å². The van der Waals surface area contributed by atoms with Crippen molar-refractivity contribution in [1.82, 2.24) is 14.8 Å². The highest BCUT2D eigenvalue weighted by molar-refractivity contribution is 5.94. The van der Waals surface area contributed by atoms with Crippen LogP contribution in [0.25, 0.3) is 0 Å². The predicted octanol–water partition coefficient (Wildman–Crippen LogP) is 2.77. The molecule has 5 nitrogen and oxygen atoms in total. The van der Waals surface area contributed by atoms with E-state index in [1.807, 2.05) is 12.1 Å². The lowest BCUT2D eigenvalue weighted by molar-refractivity contribution is 0.0728. The van der Waals surface area contributed by atoms with Crippen molar-refractivity contribution in [3.63, 3.8) is 0 Å². The molecule has 3 aliphatic rings. The molecule has 1 aromatic rings. The van der Waals surface area contributed by atoms with Crippen molar-refractivity contribution in [1.29, 1.82) is 0 Å². The Morgan fingerprint density at radius 1 is 1.08 bits per heavy atom. The van der Waals surface area contributed by atoms with Crippen molar-refractivity contribution >= 4 is 11.7 Å². The summed E-state index contributed by atoms with van der Waals surface area (Å²) in [4.78, 5) is 24.6.